The SMILES string of the molecule is CN(C)C12CC(C(N)=O)(C1)C2c1nc2c(-c3cn(C)nc3-c3ccccc3F)ncnc2cc1OC(F)F. The molecule has 0 saturated heterocycles. The van der Waals surface area contributed by atoms with Crippen molar-refractivity contribution in [2.45, 2.75) is 30.9 Å². The molecule has 3 aliphatic rings. The van der Waals surface area contributed by atoms with Crippen molar-refractivity contribution in [3.05, 3.63) is 54.4 Å². The van der Waals surface area contributed by atoms with Crippen molar-refractivity contribution in [2.75, 3.05) is 14.1 Å². The smallest absolute Gasteiger partial charge is 0.387 e. The molecule has 196 valence electrons. The van der Waals surface area contributed by atoms with Crippen molar-refractivity contribution >= 4 is 16.9 Å². The lowest BCUT2D eigenvalue weighted by Gasteiger charge is -2.76. The standard InChI is InChI=1S/C26H24F3N7O2/c1-35(2)26-10-25(11-26,23(30)37)22(26)21-17(38-24(28)29)8-16-20(33-21)19(32-12-31-16)14-9-36(3)34-18(14)13-6-4-5-7-15(13)27/h4-9,12,22,24H,10-11H2,1-3H3,(H2,30,37). The number of benzene rings is 1. The minimum Gasteiger partial charge on any atom is -0.433 e. The van der Waals surface area contributed by atoms with Crippen molar-refractivity contribution in [1.29, 1.82) is 0 Å². The lowest BCUT2D eigenvalue weighted by molar-refractivity contribution is -0.228. The van der Waals surface area contributed by atoms with E-state index in [0.717, 1.165) is 0 Å². The summed E-state index contributed by atoms with van der Waals surface area (Å²) in [5, 5.41) is 4.45. The fourth-order valence-corrected chi connectivity index (χ4v) is 6.20. The van der Waals surface area contributed by atoms with Crippen molar-refractivity contribution in [3.63, 3.8) is 0 Å². The van der Waals surface area contributed by atoms with Gasteiger partial charge in [-0.1, -0.05) is 12.1 Å². The predicted octanol–water partition coefficient (Wildman–Crippen LogP) is 3.50. The van der Waals surface area contributed by atoms with E-state index in [9.17, 15) is 18.0 Å². The molecule has 3 saturated carbocycles. The summed E-state index contributed by atoms with van der Waals surface area (Å²) < 4.78 is 48.2. The number of pyridine rings is 1. The molecular weight excluding hydrogens is 499 g/mol. The number of halogens is 3. The van der Waals surface area contributed by atoms with Gasteiger partial charge in [0.15, 0.2) is 0 Å². The largest absolute Gasteiger partial charge is 0.433 e. The molecule has 1 unspecified atom stereocenters. The normalized spacial score (nSPS) is 23.9. The quantitative estimate of drug-likeness (QED) is 0.395. The number of amides is 1. The Hall–Kier alpha value is -4.06. The zero-order valence-corrected chi connectivity index (χ0v) is 20.8. The van der Waals surface area contributed by atoms with Gasteiger partial charge < -0.3 is 15.4 Å². The Morgan fingerprint density at radius 1 is 1.18 bits per heavy atom. The number of rotatable bonds is 7. The maximum atomic E-state index is 14.7. The van der Waals surface area contributed by atoms with E-state index in [2.05, 4.69) is 15.1 Å². The molecule has 2 N–H and O–H groups in total. The average Bonchev–Trinajstić information content (AvgIpc) is 3.18. The van der Waals surface area contributed by atoms with Gasteiger partial charge in [0.25, 0.3) is 0 Å². The summed E-state index contributed by atoms with van der Waals surface area (Å²) in [6.45, 7) is -3.11. The monoisotopic (exact) mass is 523 g/mol. The lowest BCUT2D eigenvalue weighted by atomic mass is 9.31. The summed E-state index contributed by atoms with van der Waals surface area (Å²) in [5.41, 5.74) is 6.57. The number of nitrogens with two attached hydrogens (primary N) is 1. The summed E-state index contributed by atoms with van der Waals surface area (Å²) in [7, 11) is 5.44. The van der Waals surface area contributed by atoms with E-state index in [1.165, 1.54) is 23.1 Å². The highest BCUT2D eigenvalue weighted by molar-refractivity contribution is 5.94. The summed E-state index contributed by atoms with van der Waals surface area (Å²) in [5.74, 6) is -1.69. The molecule has 0 aliphatic heterocycles. The number of hydrogen-bond donors (Lipinski definition) is 1. The molecule has 0 radical (unpaired) electrons. The number of carbonyl (C=O) groups excluding carboxylic acids is 1. The van der Waals surface area contributed by atoms with Gasteiger partial charge in [0.1, 0.15) is 34.8 Å². The van der Waals surface area contributed by atoms with Crippen molar-refractivity contribution in [2.24, 2.45) is 18.2 Å². The minimum absolute atomic E-state index is 0.168. The lowest BCUT2D eigenvalue weighted by Crippen LogP contribution is -2.82. The molecule has 3 aliphatic carbocycles. The second-order valence-electron chi connectivity index (χ2n) is 10.2. The zero-order chi connectivity index (χ0) is 27.0. The molecule has 3 aromatic heterocycles. The molecule has 4 aromatic rings. The third kappa shape index (κ3) is 3.25. The first-order chi connectivity index (χ1) is 18.1. The van der Waals surface area contributed by atoms with Crippen molar-refractivity contribution in [3.8, 4) is 28.3 Å². The number of primary amides is 1. The second kappa shape index (κ2) is 8.22. The summed E-state index contributed by atoms with van der Waals surface area (Å²) in [4.78, 5) is 28.0. The van der Waals surface area contributed by atoms with Crippen LogP contribution in [0.1, 0.15) is 24.5 Å². The average molecular weight is 524 g/mol. The topological polar surface area (TPSA) is 112 Å². The highest BCUT2D eigenvalue weighted by atomic mass is 19.3. The molecule has 2 bridgehead atoms. The highest BCUT2D eigenvalue weighted by Crippen LogP contribution is 2.77. The van der Waals surface area contributed by atoms with Gasteiger partial charge in [0.05, 0.1) is 16.6 Å². The first-order valence-electron chi connectivity index (χ1n) is 11.9. The van der Waals surface area contributed by atoms with Crippen LogP contribution in [0.15, 0.2) is 42.9 Å². The van der Waals surface area contributed by atoms with Crippen LogP contribution < -0.4 is 10.5 Å². The van der Waals surface area contributed by atoms with Gasteiger partial charge in [-0.05, 0) is 39.1 Å². The summed E-state index contributed by atoms with van der Waals surface area (Å²) in [6, 6.07) is 7.61. The van der Waals surface area contributed by atoms with Crippen LogP contribution in [-0.4, -0.2) is 61.8 Å². The number of alkyl halides is 2. The number of carbonyl (C=O) groups is 1. The van der Waals surface area contributed by atoms with Gasteiger partial charge in [-0.25, -0.2) is 19.3 Å². The molecule has 9 nitrogen and oxygen atoms in total. The maximum absolute atomic E-state index is 14.7. The van der Waals surface area contributed by atoms with Crippen LogP contribution in [0.3, 0.4) is 0 Å². The van der Waals surface area contributed by atoms with E-state index >= 15 is 0 Å². The van der Waals surface area contributed by atoms with Crippen LogP contribution in [0.4, 0.5) is 13.2 Å². The van der Waals surface area contributed by atoms with E-state index in [1.54, 1.807) is 31.4 Å². The van der Waals surface area contributed by atoms with Gasteiger partial charge in [0.2, 0.25) is 5.91 Å². The van der Waals surface area contributed by atoms with Crippen LogP contribution in [0.2, 0.25) is 0 Å². The molecular formula is C26H24F3N7O2. The van der Waals surface area contributed by atoms with Gasteiger partial charge in [-0.15, -0.1) is 0 Å². The highest BCUT2D eigenvalue weighted by Gasteiger charge is 2.80. The van der Waals surface area contributed by atoms with E-state index in [1.807, 2.05) is 19.0 Å². The van der Waals surface area contributed by atoms with Crippen LogP contribution in [0.25, 0.3) is 33.5 Å². The molecule has 3 heterocycles. The first kappa shape index (κ1) is 24.3. The number of aromatic nitrogens is 5. The van der Waals surface area contributed by atoms with Gasteiger partial charge in [-0.2, -0.15) is 13.9 Å². The molecule has 12 heteroatoms. The van der Waals surface area contributed by atoms with E-state index in [0.29, 0.717) is 29.8 Å². The maximum Gasteiger partial charge on any atom is 0.387 e. The number of ether oxygens (including phenoxy) is 1. The third-order valence-electron chi connectivity index (χ3n) is 8.02. The molecule has 3 fully saturated rings. The molecule has 38 heavy (non-hydrogen) atoms. The van der Waals surface area contributed by atoms with E-state index < -0.39 is 35.2 Å². The fraction of sp³-hybridized carbons (Fsp3) is 0.346. The summed E-state index contributed by atoms with van der Waals surface area (Å²) >= 11 is 0. The Morgan fingerprint density at radius 3 is 2.58 bits per heavy atom. The Kier molecular flexibility index (Phi) is 5.25. The first-order valence-corrected chi connectivity index (χ1v) is 11.9. The molecule has 1 atom stereocenters. The predicted molar refractivity (Wildman–Crippen MR) is 132 cm³/mol. The van der Waals surface area contributed by atoms with Gasteiger partial charge in [-0.3, -0.25) is 9.48 Å². The van der Waals surface area contributed by atoms with Crippen LogP contribution in [0.5, 0.6) is 5.75 Å². The number of likely N-dealkylation sites (N-methyl/N-ethyl adjacent to an activating group) is 1. The van der Waals surface area contributed by atoms with E-state index in [-0.39, 0.29) is 28.0 Å². The Balaban J connectivity index is 1.59. The Labute approximate surface area is 215 Å². The fourth-order valence-electron chi connectivity index (χ4n) is 6.20. The number of fused-ring (bicyclic) bond motifs is 1. The van der Waals surface area contributed by atoms with Gasteiger partial charge in [0, 0.05) is 41.9 Å². The van der Waals surface area contributed by atoms with Crippen LogP contribution in [-0.2, 0) is 11.8 Å². The van der Waals surface area contributed by atoms with Crippen molar-refractivity contribution in [1.82, 2.24) is 29.6 Å². The van der Waals surface area contributed by atoms with Crippen molar-refractivity contribution < 1.29 is 22.7 Å². The third-order valence-corrected chi connectivity index (χ3v) is 8.02. The summed E-state index contributed by atoms with van der Waals surface area (Å²) in [6.07, 6.45) is 3.95. The molecule has 1 aromatic carbocycles. The Bertz CT molecular complexity index is 1600. The number of aryl methyl sites for hydroxylation is 1. The van der Waals surface area contributed by atoms with Crippen LogP contribution >= 0.6 is 0 Å². The molecule has 0 spiro atoms. The molecule has 7 rings (SSSR count). The number of hydrogen-bond acceptors (Lipinski definition) is 7. The zero-order valence-electron chi connectivity index (χ0n) is 20.8. The second-order valence-corrected chi connectivity index (χ2v) is 10.2. The van der Waals surface area contributed by atoms with Crippen LogP contribution in [0, 0.1) is 11.2 Å². The van der Waals surface area contributed by atoms with E-state index in [4.69, 9.17) is 15.5 Å². The Morgan fingerprint density at radius 2 is 1.92 bits per heavy atom. The number of nitrogens with zero attached hydrogens (tertiary/aromatic N) is 6. The molecule has 1 amide bonds. The van der Waals surface area contributed by atoms with Gasteiger partial charge >= 0.3 is 6.61 Å². The minimum atomic E-state index is -3.11.